The topological polar surface area (TPSA) is 49.4 Å². The maximum atomic E-state index is 12.5. The van der Waals surface area contributed by atoms with Crippen LogP contribution in [0.3, 0.4) is 0 Å². The minimum Gasteiger partial charge on any atom is -0.326 e. The molecule has 4 nitrogen and oxygen atoms in total. The van der Waals surface area contributed by atoms with Crippen LogP contribution in [0.5, 0.6) is 0 Å². The molecule has 3 rings (SSSR count). The van der Waals surface area contributed by atoms with E-state index in [1.165, 1.54) is 17.1 Å². The van der Waals surface area contributed by atoms with Gasteiger partial charge in [-0.3, -0.25) is 14.5 Å². The largest absolute Gasteiger partial charge is 0.326 e. The van der Waals surface area contributed by atoms with Gasteiger partial charge in [-0.15, -0.1) is 0 Å². The molecular formula is C24H30N2O2S. The number of thioether (sulfide) groups is 1. The Hall–Kier alpha value is -2.11. The lowest BCUT2D eigenvalue weighted by atomic mass is 9.99. The van der Waals surface area contributed by atoms with Crippen molar-refractivity contribution in [2.45, 2.75) is 40.2 Å². The molecule has 5 heteroatoms. The zero-order valence-corrected chi connectivity index (χ0v) is 18.4. The summed E-state index contributed by atoms with van der Waals surface area (Å²) in [6, 6.07) is 12.1. The van der Waals surface area contributed by atoms with Gasteiger partial charge in [-0.05, 0) is 49.6 Å². The Morgan fingerprint density at radius 3 is 2.45 bits per heavy atom. The molecule has 1 saturated heterocycles. The number of ketones is 1. The second kappa shape index (κ2) is 10.1. The van der Waals surface area contributed by atoms with E-state index in [0.29, 0.717) is 0 Å². The molecule has 0 atom stereocenters. The number of carbonyl (C=O) groups excluding carboxylic acids is 2. The quantitative estimate of drug-likeness (QED) is 0.669. The molecule has 1 aliphatic rings. The number of rotatable bonds is 7. The minimum absolute atomic E-state index is 0.0214. The van der Waals surface area contributed by atoms with Gasteiger partial charge in [-0.2, -0.15) is 11.8 Å². The van der Waals surface area contributed by atoms with Crippen molar-refractivity contribution in [3.8, 4) is 0 Å². The molecule has 2 aromatic rings. The highest BCUT2D eigenvalue weighted by molar-refractivity contribution is 7.99. The lowest BCUT2D eigenvalue weighted by Crippen LogP contribution is -2.31. The van der Waals surface area contributed by atoms with E-state index in [2.05, 4.69) is 22.3 Å². The van der Waals surface area contributed by atoms with Crippen molar-refractivity contribution in [1.29, 1.82) is 0 Å². The first-order valence-electron chi connectivity index (χ1n) is 10.2. The number of nitrogens with zero attached hydrogens (tertiary/aromatic N) is 1. The summed E-state index contributed by atoms with van der Waals surface area (Å²) >= 11 is 2.01. The first kappa shape index (κ1) is 21.6. The molecule has 0 unspecified atom stereocenters. The van der Waals surface area contributed by atoms with Crippen molar-refractivity contribution in [3.63, 3.8) is 0 Å². The molecule has 0 spiro atoms. The standard InChI is InChI=1S/C24H30N2O2S/c1-17-4-5-18(2)21(14-17)23(27)8-9-24(28)25-22-7-6-20(15-19(22)3)16-26-10-12-29-13-11-26/h4-7,14-15H,8-13,16H2,1-3H3,(H,25,28). The smallest absolute Gasteiger partial charge is 0.224 e. The van der Waals surface area contributed by atoms with Crippen LogP contribution in [-0.4, -0.2) is 41.2 Å². The summed E-state index contributed by atoms with van der Waals surface area (Å²) in [5.74, 6) is 2.31. The normalized spacial score (nSPS) is 14.6. The van der Waals surface area contributed by atoms with Crippen LogP contribution in [0.15, 0.2) is 36.4 Å². The monoisotopic (exact) mass is 410 g/mol. The Morgan fingerprint density at radius 2 is 1.72 bits per heavy atom. The zero-order valence-electron chi connectivity index (χ0n) is 17.6. The molecule has 0 aromatic heterocycles. The fourth-order valence-corrected chi connectivity index (χ4v) is 4.57. The number of hydrogen-bond donors (Lipinski definition) is 1. The molecule has 0 bridgehead atoms. The first-order chi connectivity index (χ1) is 13.9. The molecular weight excluding hydrogens is 380 g/mol. The van der Waals surface area contributed by atoms with Gasteiger partial charge in [0, 0.05) is 55.2 Å². The molecule has 154 valence electrons. The number of carbonyl (C=O) groups is 2. The van der Waals surface area contributed by atoms with E-state index in [0.717, 1.165) is 47.6 Å². The van der Waals surface area contributed by atoms with Crippen LogP contribution in [-0.2, 0) is 11.3 Å². The molecule has 1 N–H and O–H groups in total. The SMILES string of the molecule is Cc1ccc(C)c(C(=O)CCC(=O)Nc2ccc(CN3CCSCC3)cc2C)c1. The van der Waals surface area contributed by atoms with Crippen molar-refractivity contribution >= 4 is 29.1 Å². The third-order valence-corrected chi connectivity index (χ3v) is 6.29. The zero-order chi connectivity index (χ0) is 20.8. The van der Waals surface area contributed by atoms with Crippen LogP contribution in [0.4, 0.5) is 5.69 Å². The van der Waals surface area contributed by atoms with Gasteiger partial charge < -0.3 is 5.32 Å². The van der Waals surface area contributed by atoms with Gasteiger partial charge >= 0.3 is 0 Å². The van der Waals surface area contributed by atoms with E-state index in [1.54, 1.807) is 0 Å². The van der Waals surface area contributed by atoms with Crippen molar-refractivity contribution in [1.82, 2.24) is 4.90 Å². The van der Waals surface area contributed by atoms with Crippen molar-refractivity contribution in [3.05, 3.63) is 64.2 Å². The van der Waals surface area contributed by atoms with Crippen LogP contribution in [0.2, 0.25) is 0 Å². The molecule has 0 saturated carbocycles. The summed E-state index contributed by atoms with van der Waals surface area (Å²) in [7, 11) is 0. The summed E-state index contributed by atoms with van der Waals surface area (Å²) < 4.78 is 0. The molecule has 0 aliphatic carbocycles. The highest BCUT2D eigenvalue weighted by Crippen LogP contribution is 2.20. The van der Waals surface area contributed by atoms with E-state index in [9.17, 15) is 9.59 Å². The number of nitrogens with one attached hydrogen (secondary N) is 1. The molecule has 0 radical (unpaired) electrons. The van der Waals surface area contributed by atoms with Gasteiger partial charge in [0.15, 0.2) is 5.78 Å². The number of Topliss-reactive ketones (excluding diaryl/α,β-unsaturated/α-hetero) is 1. The predicted molar refractivity (Wildman–Crippen MR) is 122 cm³/mol. The average molecular weight is 411 g/mol. The van der Waals surface area contributed by atoms with E-state index in [-0.39, 0.29) is 24.5 Å². The fraction of sp³-hybridized carbons (Fsp3) is 0.417. The summed E-state index contributed by atoms with van der Waals surface area (Å²) in [5, 5.41) is 2.97. The predicted octanol–water partition coefficient (Wildman–Crippen LogP) is 4.76. The lowest BCUT2D eigenvalue weighted by molar-refractivity contribution is -0.116. The maximum absolute atomic E-state index is 12.5. The Kier molecular flexibility index (Phi) is 7.51. The molecule has 1 aliphatic heterocycles. The maximum Gasteiger partial charge on any atom is 0.224 e. The third-order valence-electron chi connectivity index (χ3n) is 5.35. The summed E-state index contributed by atoms with van der Waals surface area (Å²) in [5.41, 5.74) is 5.89. The summed E-state index contributed by atoms with van der Waals surface area (Å²) in [6.45, 7) is 9.15. The Morgan fingerprint density at radius 1 is 0.966 bits per heavy atom. The summed E-state index contributed by atoms with van der Waals surface area (Å²) in [4.78, 5) is 27.3. The Bertz CT molecular complexity index is 888. The number of amides is 1. The number of anilines is 1. The Labute approximate surface area is 178 Å². The molecule has 1 heterocycles. The highest BCUT2D eigenvalue weighted by atomic mass is 32.2. The minimum atomic E-state index is -0.118. The van der Waals surface area contributed by atoms with Gasteiger partial charge in [0.2, 0.25) is 5.91 Å². The van der Waals surface area contributed by atoms with Gasteiger partial charge in [0.25, 0.3) is 0 Å². The number of benzene rings is 2. The second-order valence-electron chi connectivity index (χ2n) is 7.83. The van der Waals surface area contributed by atoms with Crippen LogP contribution in [0.1, 0.15) is 45.5 Å². The highest BCUT2D eigenvalue weighted by Gasteiger charge is 2.14. The number of aryl methyl sites for hydroxylation is 3. The number of hydrogen-bond acceptors (Lipinski definition) is 4. The van der Waals surface area contributed by atoms with Crippen LogP contribution >= 0.6 is 11.8 Å². The van der Waals surface area contributed by atoms with E-state index < -0.39 is 0 Å². The van der Waals surface area contributed by atoms with Crippen LogP contribution in [0, 0.1) is 20.8 Å². The van der Waals surface area contributed by atoms with Crippen molar-refractivity contribution < 1.29 is 9.59 Å². The van der Waals surface area contributed by atoms with Crippen LogP contribution in [0.25, 0.3) is 0 Å². The fourth-order valence-electron chi connectivity index (χ4n) is 3.59. The molecule has 29 heavy (non-hydrogen) atoms. The second-order valence-corrected chi connectivity index (χ2v) is 9.05. The lowest BCUT2D eigenvalue weighted by Gasteiger charge is -2.26. The third kappa shape index (κ3) is 6.18. The Balaban J connectivity index is 1.53. The summed E-state index contributed by atoms with van der Waals surface area (Å²) in [6.07, 6.45) is 0.416. The van der Waals surface area contributed by atoms with Gasteiger partial charge in [0.05, 0.1) is 0 Å². The van der Waals surface area contributed by atoms with Crippen LogP contribution < -0.4 is 5.32 Å². The van der Waals surface area contributed by atoms with E-state index in [4.69, 9.17) is 0 Å². The van der Waals surface area contributed by atoms with E-state index in [1.807, 2.05) is 56.8 Å². The average Bonchev–Trinajstić information content (AvgIpc) is 2.71. The van der Waals surface area contributed by atoms with Crippen molar-refractivity contribution in [2.24, 2.45) is 0 Å². The van der Waals surface area contributed by atoms with Gasteiger partial charge in [-0.1, -0.05) is 29.8 Å². The molecule has 1 fully saturated rings. The molecule has 2 aromatic carbocycles. The van der Waals surface area contributed by atoms with E-state index >= 15 is 0 Å². The molecule has 1 amide bonds. The van der Waals surface area contributed by atoms with Crippen molar-refractivity contribution in [2.75, 3.05) is 29.9 Å². The van der Waals surface area contributed by atoms with Gasteiger partial charge in [0.1, 0.15) is 0 Å². The van der Waals surface area contributed by atoms with Gasteiger partial charge in [-0.25, -0.2) is 0 Å². The first-order valence-corrected chi connectivity index (χ1v) is 11.4.